The van der Waals surface area contributed by atoms with E-state index in [2.05, 4.69) is 6.92 Å². The van der Waals surface area contributed by atoms with E-state index in [1.807, 2.05) is 12.1 Å². The number of unbranched alkanes of at least 4 members (excludes halogenated alkanes) is 4. The van der Waals surface area contributed by atoms with Crippen molar-refractivity contribution >= 4 is 16.7 Å². The zero-order valence-electron chi connectivity index (χ0n) is 16.0. The van der Waals surface area contributed by atoms with Crippen LogP contribution in [0.25, 0.3) is 10.8 Å². The third-order valence-corrected chi connectivity index (χ3v) is 4.82. The number of carbonyl (C=O) groups excluding carboxylic acids is 1. The Morgan fingerprint density at radius 3 is 2.21 bits per heavy atom. The van der Waals surface area contributed by atoms with E-state index < -0.39 is 17.6 Å². The molecule has 2 nitrogen and oxygen atoms in total. The Kier molecular flexibility index (Phi) is 6.75. The fraction of sp³-hybridized carbons (Fsp3) is 0.292. The average molecular weight is 382 g/mol. The van der Waals surface area contributed by atoms with Gasteiger partial charge in [-0.15, -0.1) is 0 Å². The van der Waals surface area contributed by atoms with Gasteiger partial charge in [-0.3, -0.25) is 0 Å². The van der Waals surface area contributed by atoms with E-state index in [1.54, 1.807) is 24.3 Å². The van der Waals surface area contributed by atoms with Crippen LogP contribution in [-0.4, -0.2) is 5.97 Å². The maximum atomic E-state index is 13.4. The van der Waals surface area contributed by atoms with Crippen molar-refractivity contribution in [2.45, 2.75) is 45.4 Å². The summed E-state index contributed by atoms with van der Waals surface area (Å²) < 4.78 is 32.1. The van der Waals surface area contributed by atoms with E-state index in [4.69, 9.17) is 4.74 Å². The summed E-state index contributed by atoms with van der Waals surface area (Å²) in [6, 6.07) is 14.3. The lowest BCUT2D eigenvalue weighted by atomic mass is 10.1. The predicted octanol–water partition coefficient (Wildman–Crippen LogP) is 6.85. The van der Waals surface area contributed by atoms with Gasteiger partial charge in [-0.2, -0.15) is 0 Å². The molecule has 3 aromatic carbocycles. The molecule has 0 aliphatic rings. The first-order chi connectivity index (χ1) is 13.6. The molecule has 0 fully saturated rings. The maximum Gasteiger partial charge on any atom is 0.343 e. The number of rotatable bonds is 8. The SMILES string of the molecule is CCCCCCCc1ccc(OC(=O)c2ccc3cc(F)c(F)cc3c2)cc1. The summed E-state index contributed by atoms with van der Waals surface area (Å²) in [5, 5.41) is 0.977. The lowest BCUT2D eigenvalue weighted by Gasteiger charge is -2.07. The summed E-state index contributed by atoms with van der Waals surface area (Å²) >= 11 is 0. The highest BCUT2D eigenvalue weighted by molar-refractivity contribution is 5.96. The highest BCUT2D eigenvalue weighted by atomic mass is 19.2. The molecule has 0 N–H and O–H groups in total. The first-order valence-corrected chi connectivity index (χ1v) is 9.77. The van der Waals surface area contributed by atoms with Crippen LogP contribution in [0.2, 0.25) is 0 Å². The quantitative estimate of drug-likeness (QED) is 0.242. The minimum atomic E-state index is -0.941. The van der Waals surface area contributed by atoms with Crippen LogP contribution in [0.15, 0.2) is 54.6 Å². The second-order valence-corrected chi connectivity index (χ2v) is 7.03. The van der Waals surface area contributed by atoms with Gasteiger partial charge in [-0.1, -0.05) is 50.8 Å². The van der Waals surface area contributed by atoms with Crippen molar-refractivity contribution in [1.82, 2.24) is 0 Å². The summed E-state index contributed by atoms with van der Waals surface area (Å²) in [5.41, 5.74) is 1.51. The Labute approximate surface area is 164 Å². The molecule has 4 heteroatoms. The number of esters is 1. The van der Waals surface area contributed by atoms with Crippen LogP contribution in [0.4, 0.5) is 8.78 Å². The van der Waals surface area contributed by atoms with Gasteiger partial charge in [-0.05, 0) is 65.6 Å². The van der Waals surface area contributed by atoms with Crippen LogP contribution in [-0.2, 0) is 6.42 Å². The van der Waals surface area contributed by atoms with Gasteiger partial charge >= 0.3 is 5.97 Å². The van der Waals surface area contributed by atoms with Crippen molar-refractivity contribution < 1.29 is 18.3 Å². The van der Waals surface area contributed by atoms with Gasteiger partial charge < -0.3 is 4.74 Å². The number of benzene rings is 3. The number of hydrogen-bond acceptors (Lipinski definition) is 2. The first-order valence-electron chi connectivity index (χ1n) is 9.77. The number of aryl methyl sites for hydroxylation is 1. The van der Waals surface area contributed by atoms with Crippen molar-refractivity contribution in [1.29, 1.82) is 0 Å². The molecule has 0 radical (unpaired) electrons. The molecule has 0 atom stereocenters. The molecule has 0 saturated heterocycles. The topological polar surface area (TPSA) is 26.3 Å². The molecule has 3 rings (SSSR count). The average Bonchev–Trinajstić information content (AvgIpc) is 2.69. The van der Waals surface area contributed by atoms with Crippen LogP contribution in [0, 0.1) is 11.6 Å². The lowest BCUT2D eigenvalue weighted by Crippen LogP contribution is -2.08. The molecule has 0 aliphatic carbocycles. The third kappa shape index (κ3) is 5.16. The van der Waals surface area contributed by atoms with E-state index >= 15 is 0 Å². The molecule has 146 valence electrons. The standard InChI is InChI=1S/C24H24F2O2/c1-2-3-4-5-6-7-17-8-12-21(13-9-17)28-24(27)19-11-10-18-15-22(25)23(26)16-20(18)14-19/h8-16H,2-7H2,1H3. The van der Waals surface area contributed by atoms with Gasteiger partial charge in [0.15, 0.2) is 11.6 Å². The van der Waals surface area contributed by atoms with Crippen LogP contribution >= 0.6 is 0 Å². The minimum absolute atomic E-state index is 0.290. The molecular weight excluding hydrogens is 358 g/mol. The smallest absolute Gasteiger partial charge is 0.343 e. The number of fused-ring (bicyclic) bond motifs is 1. The summed E-state index contributed by atoms with van der Waals surface area (Å²) in [6.45, 7) is 2.20. The molecular formula is C24H24F2O2. The Morgan fingerprint density at radius 1 is 0.821 bits per heavy atom. The lowest BCUT2D eigenvalue weighted by molar-refractivity contribution is 0.0735. The number of carbonyl (C=O) groups is 1. The second kappa shape index (κ2) is 9.45. The zero-order chi connectivity index (χ0) is 19.9. The van der Waals surface area contributed by atoms with E-state index in [9.17, 15) is 13.6 Å². The highest BCUT2D eigenvalue weighted by Crippen LogP contribution is 2.22. The van der Waals surface area contributed by atoms with Crippen molar-refractivity contribution in [3.05, 3.63) is 77.4 Å². The van der Waals surface area contributed by atoms with E-state index in [-0.39, 0.29) is 0 Å². The Hall–Kier alpha value is -2.75. The molecule has 28 heavy (non-hydrogen) atoms. The molecule has 3 aromatic rings. The van der Waals surface area contributed by atoms with Gasteiger partial charge in [0.05, 0.1) is 5.56 Å². The number of halogens is 2. The van der Waals surface area contributed by atoms with Crippen LogP contribution < -0.4 is 4.74 Å². The number of hydrogen-bond donors (Lipinski definition) is 0. The summed E-state index contributed by atoms with van der Waals surface area (Å²) in [4.78, 5) is 12.4. The van der Waals surface area contributed by atoms with Gasteiger partial charge in [0, 0.05) is 0 Å². The Balaban J connectivity index is 1.61. The van der Waals surface area contributed by atoms with Crippen molar-refractivity contribution in [3.8, 4) is 5.75 Å². The van der Waals surface area contributed by atoms with E-state index in [0.29, 0.717) is 22.1 Å². The number of ether oxygens (including phenoxy) is 1. The molecule has 0 bridgehead atoms. The highest BCUT2D eigenvalue weighted by Gasteiger charge is 2.11. The normalized spacial score (nSPS) is 11.0. The van der Waals surface area contributed by atoms with Crippen molar-refractivity contribution in [2.24, 2.45) is 0 Å². The Bertz CT molecular complexity index is 949. The molecule has 0 saturated carbocycles. The molecule has 0 spiro atoms. The summed E-state index contributed by atoms with van der Waals surface area (Å²) in [5.74, 6) is -1.92. The molecule has 0 amide bonds. The third-order valence-electron chi connectivity index (χ3n) is 4.82. The van der Waals surface area contributed by atoms with Crippen molar-refractivity contribution in [3.63, 3.8) is 0 Å². The molecule has 0 heterocycles. The fourth-order valence-electron chi connectivity index (χ4n) is 3.19. The van der Waals surface area contributed by atoms with Crippen molar-refractivity contribution in [2.75, 3.05) is 0 Å². The van der Waals surface area contributed by atoms with Gasteiger partial charge in [0.1, 0.15) is 5.75 Å². The van der Waals surface area contributed by atoms with Gasteiger partial charge in [0.25, 0.3) is 0 Å². The second-order valence-electron chi connectivity index (χ2n) is 7.03. The van der Waals surface area contributed by atoms with Crippen LogP contribution in [0.5, 0.6) is 5.75 Å². The largest absolute Gasteiger partial charge is 0.423 e. The van der Waals surface area contributed by atoms with Crippen LogP contribution in [0.1, 0.15) is 54.9 Å². The molecule has 0 aromatic heterocycles. The predicted molar refractivity (Wildman–Crippen MR) is 108 cm³/mol. The van der Waals surface area contributed by atoms with E-state index in [0.717, 1.165) is 25.0 Å². The molecule has 0 aliphatic heterocycles. The summed E-state index contributed by atoms with van der Waals surface area (Å²) in [6.07, 6.45) is 7.21. The monoisotopic (exact) mass is 382 g/mol. The Morgan fingerprint density at radius 2 is 1.50 bits per heavy atom. The maximum absolute atomic E-state index is 13.4. The zero-order valence-corrected chi connectivity index (χ0v) is 16.0. The first kappa shape index (κ1) is 20.0. The fourth-order valence-corrected chi connectivity index (χ4v) is 3.19. The van der Waals surface area contributed by atoms with Gasteiger partial charge in [-0.25, -0.2) is 13.6 Å². The summed E-state index contributed by atoms with van der Waals surface area (Å²) in [7, 11) is 0. The molecule has 0 unspecified atom stereocenters. The van der Waals surface area contributed by atoms with E-state index in [1.165, 1.54) is 37.3 Å². The minimum Gasteiger partial charge on any atom is -0.423 e. The van der Waals surface area contributed by atoms with Crippen LogP contribution in [0.3, 0.4) is 0 Å². The van der Waals surface area contributed by atoms with Gasteiger partial charge in [0.2, 0.25) is 0 Å².